The summed E-state index contributed by atoms with van der Waals surface area (Å²) in [5.41, 5.74) is 5.21. The molecule has 3 amide bonds. The van der Waals surface area contributed by atoms with Crippen molar-refractivity contribution in [2.75, 3.05) is 6.54 Å². The van der Waals surface area contributed by atoms with Crippen molar-refractivity contribution in [3.8, 4) is 0 Å². The van der Waals surface area contributed by atoms with E-state index < -0.39 is 23.9 Å². The zero-order chi connectivity index (χ0) is 11.6. The summed E-state index contributed by atoms with van der Waals surface area (Å²) in [5.74, 6) is -1.28. The number of carbonyl (C=O) groups is 3. The fourth-order valence-electron chi connectivity index (χ4n) is 1.71. The van der Waals surface area contributed by atoms with E-state index in [0.717, 1.165) is 0 Å². The summed E-state index contributed by atoms with van der Waals surface area (Å²) in [7, 11) is 0. The van der Waals surface area contributed by atoms with Crippen LogP contribution in [-0.2, 0) is 14.4 Å². The Hall–Kier alpha value is -1.43. The van der Waals surface area contributed by atoms with E-state index in [1.165, 1.54) is 4.90 Å². The lowest BCUT2D eigenvalue weighted by atomic mass is 10.1. The number of piperazine rings is 1. The summed E-state index contributed by atoms with van der Waals surface area (Å²) < 4.78 is 0. The Morgan fingerprint density at radius 3 is 2.73 bits per heavy atom. The largest absolute Gasteiger partial charge is 0.368 e. The monoisotopic (exact) mass is 213 g/mol. The van der Waals surface area contributed by atoms with Crippen LogP contribution >= 0.6 is 0 Å². The quantitative estimate of drug-likeness (QED) is 0.564. The van der Waals surface area contributed by atoms with Gasteiger partial charge < -0.3 is 5.73 Å². The zero-order valence-electron chi connectivity index (χ0n) is 8.82. The maximum absolute atomic E-state index is 11.3. The van der Waals surface area contributed by atoms with Gasteiger partial charge in [-0.1, -0.05) is 6.92 Å². The van der Waals surface area contributed by atoms with Gasteiger partial charge in [0.1, 0.15) is 0 Å². The van der Waals surface area contributed by atoms with Crippen molar-refractivity contribution >= 4 is 17.7 Å². The molecule has 0 saturated carbocycles. The Morgan fingerprint density at radius 2 is 2.27 bits per heavy atom. The van der Waals surface area contributed by atoms with Gasteiger partial charge in [-0.05, 0) is 13.3 Å². The molecule has 1 saturated heterocycles. The molecule has 6 heteroatoms. The molecule has 0 radical (unpaired) electrons. The summed E-state index contributed by atoms with van der Waals surface area (Å²) in [5, 5.41) is 2.21. The molecule has 1 aliphatic heterocycles. The lowest BCUT2D eigenvalue weighted by molar-refractivity contribution is -0.142. The second-order valence-corrected chi connectivity index (χ2v) is 3.59. The first-order chi connectivity index (χ1) is 6.97. The van der Waals surface area contributed by atoms with Crippen molar-refractivity contribution in [2.24, 2.45) is 5.73 Å². The van der Waals surface area contributed by atoms with Crippen LogP contribution in [0.1, 0.15) is 20.3 Å². The summed E-state index contributed by atoms with van der Waals surface area (Å²) >= 11 is 0. The molecular formula is C9H15N3O3. The highest BCUT2D eigenvalue weighted by Gasteiger charge is 2.36. The van der Waals surface area contributed by atoms with Gasteiger partial charge in [0.05, 0.1) is 18.6 Å². The van der Waals surface area contributed by atoms with E-state index in [9.17, 15) is 14.4 Å². The van der Waals surface area contributed by atoms with Crippen LogP contribution in [0.2, 0.25) is 0 Å². The number of imide groups is 1. The van der Waals surface area contributed by atoms with Crippen LogP contribution in [0.5, 0.6) is 0 Å². The molecule has 0 aliphatic carbocycles. The first kappa shape index (κ1) is 11.6. The number of rotatable bonds is 3. The number of nitrogens with zero attached hydrogens (tertiary/aromatic N) is 1. The Labute approximate surface area is 87.8 Å². The highest BCUT2D eigenvalue weighted by atomic mass is 16.2. The molecule has 84 valence electrons. The van der Waals surface area contributed by atoms with Gasteiger partial charge in [0.2, 0.25) is 17.7 Å². The van der Waals surface area contributed by atoms with Crippen LogP contribution in [0, 0.1) is 0 Å². The first-order valence-corrected chi connectivity index (χ1v) is 4.86. The molecule has 2 unspecified atom stereocenters. The van der Waals surface area contributed by atoms with E-state index in [1.54, 1.807) is 13.8 Å². The third kappa shape index (κ3) is 2.33. The van der Waals surface area contributed by atoms with Crippen LogP contribution in [0.4, 0.5) is 0 Å². The molecule has 1 aliphatic rings. The van der Waals surface area contributed by atoms with Gasteiger partial charge in [0.25, 0.3) is 0 Å². The smallest absolute Gasteiger partial charge is 0.243 e. The fraction of sp³-hybridized carbons (Fsp3) is 0.667. The number of hydrogen-bond acceptors (Lipinski definition) is 4. The van der Waals surface area contributed by atoms with Crippen molar-refractivity contribution in [3.63, 3.8) is 0 Å². The second-order valence-electron chi connectivity index (χ2n) is 3.59. The van der Waals surface area contributed by atoms with Crippen molar-refractivity contribution in [3.05, 3.63) is 0 Å². The summed E-state index contributed by atoms with van der Waals surface area (Å²) in [6, 6.07) is -1.06. The third-order valence-electron chi connectivity index (χ3n) is 2.58. The molecule has 0 aromatic rings. The number of carbonyl (C=O) groups excluding carboxylic acids is 3. The molecule has 1 fully saturated rings. The predicted octanol–water partition coefficient (Wildman–Crippen LogP) is -1.40. The Morgan fingerprint density at radius 1 is 1.67 bits per heavy atom. The van der Waals surface area contributed by atoms with E-state index in [2.05, 4.69) is 5.32 Å². The minimum absolute atomic E-state index is 0.0361. The van der Waals surface area contributed by atoms with Crippen LogP contribution in [-0.4, -0.2) is 41.2 Å². The molecule has 1 heterocycles. The molecule has 1 rings (SSSR count). The summed E-state index contributed by atoms with van der Waals surface area (Å²) in [4.78, 5) is 35.1. The van der Waals surface area contributed by atoms with Crippen LogP contribution < -0.4 is 11.1 Å². The highest BCUT2D eigenvalue weighted by molar-refractivity contribution is 6.01. The van der Waals surface area contributed by atoms with Gasteiger partial charge in [0, 0.05) is 0 Å². The zero-order valence-corrected chi connectivity index (χ0v) is 8.82. The van der Waals surface area contributed by atoms with E-state index in [4.69, 9.17) is 5.73 Å². The number of hydrogen-bond donors (Lipinski definition) is 2. The Balaban J connectivity index is 2.86. The van der Waals surface area contributed by atoms with Gasteiger partial charge in [-0.2, -0.15) is 0 Å². The first-order valence-electron chi connectivity index (χ1n) is 4.86. The SMILES string of the molecule is CCC(C(N)=O)N1CC(=O)NC(=O)C1C. The lowest BCUT2D eigenvalue weighted by Gasteiger charge is -2.35. The Kier molecular flexibility index (Phi) is 3.41. The molecule has 2 atom stereocenters. The maximum Gasteiger partial charge on any atom is 0.243 e. The topological polar surface area (TPSA) is 92.5 Å². The summed E-state index contributed by atoms with van der Waals surface area (Å²) in [6.07, 6.45) is 0.486. The average molecular weight is 213 g/mol. The highest BCUT2D eigenvalue weighted by Crippen LogP contribution is 2.12. The molecule has 0 aromatic carbocycles. The van der Waals surface area contributed by atoms with Crippen molar-refractivity contribution in [1.82, 2.24) is 10.2 Å². The molecule has 0 bridgehead atoms. The molecule has 15 heavy (non-hydrogen) atoms. The summed E-state index contributed by atoms with van der Waals surface area (Å²) in [6.45, 7) is 3.47. The lowest BCUT2D eigenvalue weighted by Crippen LogP contribution is -2.62. The number of nitrogens with two attached hydrogens (primary N) is 1. The van der Waals surface area contributed by atoms with Gasteiger partial charge in [-0.15, -0.1) is 0 Å². The average Bonchev–Trinajstić information content (AvgIpc) is 2.13. The van der Waals surface area contributed by atoms with Crippen molar-refractivity contribution < 1.29 is 14.4 Å². The van der Waals surface area contributed by atoms with Crippen molar-refractivity contribution in [2.45, 2.75) is 32.4 Å². The predicted molar refractivity (Wildman–Crippen MR) is 52.6 cm³/mol. The molecule has 3 N–H and O–H groups in total. The molecule has 0 spiro atoms. The molecule has 0 aromatic heterocycles. The Bertz CT molecular complexity index is 303. The van der Waals surface area contributed by atoms with Crippen LogP contribution in [0.3, 0.4) is 0 Å². The van der Waals surface area contributed by atoms with E-state index in [0.29, 0.717) is 6.42 Å². The van der Waals surface area contributed by atoms with Crippen LogP contribution in [0.15, 0.2) is 0 Å². The van der Waals surface area contributed by atoms with Crippen LogP contribution in [0.25, 0.3) is 0 Å². The minimum Gasteiger partial charge on any atom is -0.368 e. The third-order valence-corrected chi connectivity index (χ3v) is 2.58. The standard InChI is InChI=1S/C9H15N3O3/c1-3-6(8(10)14)12-4-7(13)11-9(15)5(12)2/h5-6H,3-4H2,1-2H3,(H2,10,14)(H,11,13,15). The fourth-order valence-corrected chi connectivity index (χ4v) is 1.71. The molecule has 6 nitrogen and oxygen atoms in total. The van der Waals surface area contributed by atoms with E-state index in [1.807, 2.05) is 0 Å². The van der Waals surface area contributed by atoms with E-state index >= 15 is 0 Å². The van der Waals surface area contributed by atoms with E-state index in [-0.39, 0.29) is 12.5 Å². The van der Waals surface area contributed by atoms with Gasteiger partial charge in [-0.3, -0.25) is 24.6 Å². The van der Waals surface area contributed by atoms with Crippen molar-refractivity contribution in [1.29, 1.82) is 0 Å². The molecular weight excluding hydrogens is 198 g/mol. The number of primary amides is 1. The second kappa shape index (κ2) is 4.39. The maximum atomic E-state index is 11.3. The minimum atomic E-state index is -0.560. The normalized spacial score (nSPS) is 24.8. The number of amides is 3. The number of nitrogens with one attached hydrogen (secondary N) is 1. The van der Waals surface area contributed by atoms with Gasteiger partial charge in [-0.25, -0.2) is 0 Å². The van der Waals surface area contributed by atoms with Gasteiger partial charge in [0.15, 0.2) is 0 Å². The van der Waals surface area contributed by atoms with Gasteiger partial charge >= 0.3 is 0 Å².